The molecule has 7 heteroatoms. The van der Waals surface area contributed by atoms with Gasteiger partial charge < -0.3 is 4.79 Å². The molecule has 0 aliphatic carbocycles. The van der Waals surface area contributed by atoms with Crippen LogP contribution in [0.2, 0.25) is 0 Å². The zero-order valence-electron chi connectivity index (χ0n) is 7.33. The molecular weight excluding hydrogens is 233 g/mol. The molecule has 0 amide bonds. The predicted molar refractivity (Wildman–Crippen MR) is 46.4 cm³/mol. The quantitative estimate of drug-likeness (QED) is 0.596. The Labute approximate surface area is 88.3 Å². The largest absolute Gasteiger partial charge is 0.451 e. The SMILES string of the molecule is O=CC(Cl)Cc1cnc(C(F)(F)F)nc1. The molecule has 0 spiro atoms. The fourth-order valence-electron chi connectivity index (χ4n) is 0.880. The highest BCUT2D eigenvalue weighted by Crippen LogP contribution is 2.25. The first kappa shape index (κ1) is 11.9. The fourth-order valence-corrected chi connectivity index (χ4v) is 1.06. The average molecular weight is 239 g/mol. The minimum absolute atomic E-state index is 0.114. The number of carbonyl (C=O) groups is 1. The Bertz CT molecular complexity index is 339. The van der Waals surface area contributed by atoms with Crippen molar-refractivity contribution in [2.24, 2.45) is 0 Å². The zero-order valence-corrected chi connectivity index (χ0v) is 8.09. The molecule has 1 rings (SSSR count). The third kappa shape index (κ3) is 3.47. The molecule has 0 saturated carbocycles. The lowest BCUT2D eigenvalue weighted by molar-refractivity contribution is -0.145. The van der Waals surface area contributed by atoms with E-state index in [1.807, 2.05) is 0 Å². The fraction of sp³-hybridized carbons (Fsp3) is 0.375. The second-order valence-electron chi connectivity index (χ2n) is 2.77. The number of hydrogen-bond acceptors (Lipinski definition) is 3. The molecule has 0 aliphatic rings. The molecule has 82 valence electrons. The second kappa shape index (κ2) is 4.57. The Kier molecular flexibility index (Phi) is 3.62. The van der Waals surface area contributed by atoms with Gasteiger partial charge in [-0.25, -0.2) is 9.97 Å². The van der Waals surface area contributed by atoms with Gasteiger partial charge in [0.15, 0.2) is 0 Å². The van der Waals surface area contributed by atoms with Crippen LogP contribution in [0, 0.1) is 0 Å². The van der Waals surface area contributed by atoms with Crippen molar-refractivity contribution >= 4 is 17.9 Å². The highest BCUT2D eigenvalue weighted by molar-refractivity contribution is 6.27. The Morgan fingerprint density at radius 3 is 2.33 bits per heavy atom. The highest BCUT2D eigenvalue weighted by atomic mass is 35.5. The smallest absolute Gasteiger partial charge is 0.302 e. The van der Waals surface area contributed by atoms with Gasteiger partial charge in [-0.1, -0.05) is 0 Å². The molecule has 0 radical (unpaired) electrons. The summed E-state index contributed by atoms with van der Waals surface area (Å²) in [6.07, 6.45) is -1.92. The van der Waals surface area contributed by atoms with E-state index in [0.29, 0.717) is 11.8 Å². The van der Waals surface area contributed by atoms with E-state index in [2.05, 4.69) is 9.97 Å². The van der Waals surface area contributed by atoms with Crippen molar-refractivity contribution < 1.29 is 18.0 Å². The Hall–Kier alpha value is -1.17. The predicted octanol–water partition coefficient (Wildman–Crippen LogP) is 1.84. The van der Waals surface area contributed by atoms with Gasteiger partial charge in [-0.2, -0.15) is 13.2 Å². The summed E-state index contributed by atoms with van der Waals surface area (Å²) in [7, 11) is 0. The Balaban J connectivity index is 2.77. The van der Waals surface area contributed by atoms with Gasteiger partial charge in [0.2, 0.25) is 5.82 Å². The van der Waals surface area contributed by atoms with Crippen molar-refractivity contribution in [2.45, 2.75) is 18.0 Å². The molecule has 1 heterocycles. The summed E-state index contributed by atoms with van der Waals surface area (Å²) in [6.45, 7) is 0. The maximum absolute atomic E-state index is 12.0. The first-order valence-corrected chi connectivity index (χ1v) is 4.34. The van der Waals surface area contributed by atoms with Gasteiger partial charge >= 0.3 is 6.18 Å². The minimum Gasteiger partial charge on any atom is -0.302 e. The number of rotatable bonds is 3. The second-order valence-corrected chi connectivity index (χ2v) is 3.33. The summed E-state index contributed by atoms with van der Waals surface area (Å²) in [4.78, 5) is 16.4. The molecular formula is C8H6ClF3N2O. The highest BCUT2D eigenvalue weighted by Gasteiger charge is 2.34. The lowest BCUT2D eigenvalue weighted by atomic mass is 10.2. The number of hydrogen-bond donors (Lipinski definition) is 0. The number of aldehydes is 1. The van der Waals surface area contributed by atoms with E-state index < -0.39 is 17.4 Å². The standard InChI is InChI=1S/C8H6ClF3N2O/c9-6(4-15)1-5-2-13-7(14-3-5)8(10,11)12/h2-4,6H,1H2. The number of carbonyl (C=O) groups excluding carboxylic acids is 1. The Morgan fingerprint density at radius 1 is 1.40 bits per heavy atom. The van der Waals surface area contributed by atoms with Crippen LogP contribution in [0.3, 0.4) is 0 Å². The van der Waals surface area contributed by atoms with E-state index in [4.69, 9.17) is 11.6 Å². The van der Waals surface area contributed by atoms with Crippen molar-refractivity contribution in [1.82, 2.24) is 9.97 Å². The molecule has 0 bridgehead atoms. The van der Waals surface area contributed by atoms with Gasteiger partial charge in [-0.3, -0.25) is 0 Å². The number of alkyl halides is 4. The van der Waals surface area contributed by atoms with E-state index in [1.54, 1.807) is 0 Å². The van der Waals surface area contributed by atoms with Crippen LogP contribution in [0.5, 0.6) is 0 Å². The molecule has 0 fully saturated rings. The summed E-state index contributed by atoms with van der Waals surface area (Å²) in [5.74, 6) is -1.21. The van der Waals surface area contributed by atoms with Gasteiger partial charge in [0.05, 0.1) is 5.38 Å². The van der Waals surface area contributed by atoms with Crippen LogP contribution in [0.25, 0.3) is 0 Å². The summed E-state index contributed by atoms with van der Waals surface area (Å²) < 4.78 is 36.1. The lowest BCUT2D eigenvalue weighted by Crippen LogP contribution is -2.12. The first-order valence-electron chi connectivity index (χ1n) is 3.91. The Morgan fingerprint density at radius 2 is 1.93 bits per heavy atom. The zero-order chi connectivity index (χ0) is 11.5. The van der Waals surface area contributed by atoms with E-state index in [9.17, 15) is 18.0 Å². The van der Waals surface area contributed by atoms with E-state index >= 15 is 0 Å². The van der Waals surface area contributed by atoms with Gasteiger partial charge in [0.25, 0.3) is 0 Å². The topological polar surface area (TPSA) is 42.9 Å². The molecule has 0 N–H and O–H groups in total. The normalized spacial score (nSPS) is 13.6. The van der Waals surface area contributed by atoms with Crippen molar-refractivity contribution in [2.75, 3.05) is 0 Å². The minimum atomic E-state index is -4.55. The third-order valence-corrected chi connectivity index (χ3v) is 1.79. The maximum Gasteiger partial charge on any atom is 0.451 e. The van der Waals surface area contributed by atoms with Gasteiger partial charge in [0.1, 0.15) is 6.29 Å². The molecule has 1 atom stereocenters. The molecule has 0 aliphatic heterocycles. The monoisotopic (exact) mass is 238 g/mol. The first-order chi connectivity index (χ1) is 6.93. The molecule has 15 heavy (non-hydrogen) atoms. The number of nitrogens with zero attached hydrogens (tertiary/aromatic N) is 2. The molecule has 1 aromatic heterocycles. The summed E-state index contributed by atoms with van der Waals surface area (Å²) in [5, 5.41) is -0.773. The summed E-state index contributed by atoms with van der Waals surface area (Å²) >= 11 is 5.48. The van der Waals surface area contributed by atoms with Gasteiger partial charge in [0, 0.05) is 12.4 Å². The molecule has 3 nitrogen and oxygen atoms in total. The van der Waals surface area contributed by atoms with Gasteiger partial charge in [-0.15, -0.1) is 11.6 Å². The maximum atomic E-state index is 12.0. The number of halogens is 4. The van der Waals surface area contributed by atoms with Crippen LogP contribution in [0.4, 0.5) is 13.2 Å². The van der Waals surface area contributed by atoms with Crippen LogP contribution in [0.1, 0.15) is 11.4 Å². The molecule has 0 aromatic carbocycles. The number of aromatic nitrogens is 2. The van der Waals surface area contributed by atoms with E-state index in [0.717, 1.165) is 12.4 Å². The van der Waals surface area contributed by atoms with Gasteiger partial charge in [-0.05, 0) is 12.0 Å². The summed E-state index contributed by atoms with van der Waals surface area (Å²) in [6, 6.07) is 0. The van der Waals surface area contributed by atoms with Crippen molar-refractivity contribution in [3.8, 4) is 0 Å². The van der Waals surface area contributed by atoms with Crippen molar-refractivity contribution in [3.63, 3.8) is 0 Å². The van der Waals surface area contributed by atoms with Crippen LogP contribution in [-0.4, -0.2) is 21.6 Å². The van der Waals surface area contributed by atoms with Crippen LogP contribution in [0.15, 0.2) is 12.4 Å². The third-order valence-electron chi connectivity index (χ3n) is 1.54. The van der Waals surface area contributed by atoms with E-state index in [-0.39, 0.29) is 6.42 Å². The van der Waals surface area contributed by atoms with Crippen molar-refractivity contribution in [1.29, 1.82) is 0 Å². The molecule has 1 unspecified atom stereocenters. The van der Waals surface area contributed by atoms with Crippen LogP contribution in [-0.2, 0) is 17.4 Å². The average Bonchev–Trinajstić information content (AvgIpc) is 2.17. The van der Waals surface area contributed by atoms with E-state index in [1.165, 1.54) is 0 Å². The molecule has 0 saturated heterocycles. The molecule has 1 aromatic rings. The van der Waals surface area contributed by atoms with Crippen molar-refractivity contribution in [3.05, 3.63) is 23.8 Å². The summed E-state index contributed by atoms with van der Waals surface area (Å²) in [5.41, 5.74) is 0.384. The van der Waals surface area contributed by atoms with Crippen LogP contribution >= 0.6 is 11.6 Å². The van der Waals surface area contributed by atoms with Crippen LogP contribution < -0.4 is 0 Å². The lowest BCUT2D eigenvalue weighted by Gasteiger charge is -2.05.